The Hall–Kier alpha value is -1.28. The quantitative estimate of drug-likeness (QED) is 0.307. The average molecular weight is 401 g/mol. The molecule has 2 nitrogen and oxygen atoms in total. The summed E-state index contributed by atoms with van der Waals surface area (Å²) in [4.78, 5) is 12.9. The maximum absolute atomic E-state index is 12.9. The zero-order valence-corrected chi connectivity index (χ0v) is 17.6. The van der Waals surface area contributed by atoms with Crippen molar-refractivity contribution < 1.29 is 9.53 Å². The molecule has 28 heavy (non-hydrogen) atoms. The lowest BCUT2D eigenvalue weighted by Gasteiger charge is -2.45. The zero-order chi connectivity index (χ0) is 19.5. The van der Waals surface area contributed by atoms with Gasteiger partial charge in [0.2, 0.25) is 0 Å². The van der Waals surface area contributed by atoms with E-state index in [1.165, 1.54) is 51.4 Å². The van der Waals surface area contributed by atoms with Crippen molar-refractivity contribution in [1.29, 1.82) is 0 Å². The van der Waals surface area contributed by atoms with Crippen LogP contribution in [-0.2, 0) is 4.79 Å². The van der Waals surface area contributed by atoms with Gasteiger partial charge in [0, 0.05) is 5.02 Å². The molecule has 3 heteroatoms. The first-order valence-corrected chi connectivity index (χ1v) is 11.6. The molecule has 4 atom stereocenters. The molecule has 152 valence electrons. The van der Waals surface area contributed by atoms with Gasteiger partial charge in [-0.15, -0.1) is 6.58 Å². The molecule has 0 N–H and O–H groups in total. The van der Waals surface area contributed by atoms with Gasteiger partial charge in [0.1, 0.15) is 5.75 Å². The van der Waals surface area contributed by atoms with Crippen molar-refractivity contribution in [1.82, 2.24) is 0 Å². The molecule has 4 rings (SSSR count). The summed E-state index contributed by atoms with van der Waals surface area (Å²) in [6.45, 7) is 3.98. The Balaban J connectivity index is 1.35. The van der Waals surface area contributed by atoms with Gasteiger partial charge < -0.3 is 4.74 Å². The van der Waals surface area contributed by atoms with Gasteiger partial charge >= 0.3 is 5.97 Å². The normalized spacial score (nSPS) is 35.6. The summed E-state index contributed by atoms with van der Waals surface area (Å²) in [5, 5.41) is 0.665. The van der Waals surface area contributed by atoms with E-state index in [0.29, 0.717) is 22.6 Å². The molecule has 0 bridgehead atoms. The summed E-state index contributed by atoms with van der Waals surface area (Å²) in [6.07, 6.45) is 14.9. The smallest absolute Gasteiger partial charge is 0.314 e. The number of rotatable bonds is 4. The predicted molar refractivity (Wildman–Crippen MR) is 114 cm³/mol. The molecule has 0 heterocycles. The molecule has 3 fully saturated rings. The number of hydrogen-bond donors (Lipinski definition) is 0. The van der Waals surface area contributed by atoms with Gasteiger partial charge in [-0.25, -0.2) is 0 Å². The summed E-state index contributed by atoms with van der Waals surface area (Å²) in [7, 11) is 0. The molecule has 1 aromatic rings. The van der Waals surface area contributed by atoms with E-state index >= 15 is 0 Å². The SMILES string of the molecule is C=CC1CCC(C2CCC3C(CCCC3C(=O)Oc3ccc(Cl)cc3)C2)CC1. The molecule has 0 radical (unpaired) electrons. The Labute approximate surface area is 174 Å². The van der Waals surface area contributed by atoms with E-state index in [2.05, 4.69) is 12.7 Å². The van der Waals surface area contributed by atoms with Crippen LogP contribution < -0.4 is 4.74 Å². The third kappa shape index (κ3) is 4.48. The molecule has 3 saturated carbocycles. The molecule has 3 aliphatic carbocycles. The second-order valence-electron chi connectivity index (χ2n) is 9.32. The first-order valence-electron chi connectivity index (χ1n) is 11.2. The topological polar surface area (TPSA) is 26.3 Å². The largest absolute Gasteiger partial charge is 0.426 e. The Bertz CT molecular complexity index is 674. The highest BCUT2D eigenvalue weighted by molar-refractivity contribution is 6.30. The van der Waals surface area contributed by atoms with E-state index in [4.69, 9.17) is 16.3 Å². The minimum Gasteiger partial charge on any atom is -0.426 e. The van der Waals surface area contributed by atoms with Gasteiger partial charge in [0.25, 0.3) is 0 Å². The van der Waals surface area contributed by atoms with Crippen molar-refractivity contribution in [2.75, 3.05) is 0 Å². The number of allylic oxidation sites excluding steroid dienone is 1. The van der Waals surface area contributed by atoms with Gasteiger partial charge in [0.05, 0.1) is 5.92 Å². The third-order valence-corrected chi connectivity index (χ3v) is 8.09. The number of carbonyl (C=O) groups is 1. The number of fused-ring (bicyclic) bond motifs is 1. The molecule has 0 spiro atoms. The summed E-state index contributed by atoms with van der Waals surface area (Å²) in [5.74, 6) is 4.42. The van der Waals surface area contributed by atoms with Crippen LogP contribution in [0.5, 0.6) is 5.75 Å². The highest BCUT2D eigenvalue weighted by atomic mass is 35.5. The van der Waals surface area contributed by atoms with E-state index in [1.807, 2.05) is 0 Å². The monoisotopic (exact) mass is 400 g/mol. The van der Waals surface area contributed by atoms with Crippen LogP contribution in [0.3, 0.4) is 0 Å². The second kappa shape index (κ2) is 9.03. The molecule has 0 aliphatic heterocycles. The Kier molecular flexibility index (Phi) is 6.45. The molecule has 3 aliphatic rings. The zero-order valence-electron chi connectivity index (χ0n) is 16.8. The fraction of sp³-hybridized carbons (Fsp3) is 0.640. The highest BCUT2D eigenvalue weighted by Crippen LogP contribution is 2.50. The molecule has 1 aromatic carbocycles. The van der Waals surface area contributed by atoms with Crippen molar-refractivity contribution in [2.24, 2.45) is 35.5 Å². The van der Waals surface area contributed by atoms with Crippen LogP contribution in [-0.4, -0.2) is 5.97 Å². The number of ether oxygens (including phenoxy) is 1. The van der Waals surface area contributed by atoms with Gasteiger partial charge in [-0.3, -0.25) is 4.79 Å². The lowest BCUT2D eigenvalue weighted by molar-refractivity contribution is -0.144. The lowest BCUT2D eigenvalue weighted by Crippen LogP contribution is -2.40. The van der Waals surface area contributed by atoms with Crippen LogP contribution in [0.4, 0.5) is 0 Å². The van der Waals surface area contributed by atoms with Gasteiger partial charge in [-0.1, -0.05) is 30.5 Å². The number of esters is 1. The fourth-order valence-corrected chi connectivity index (χ4v) is 6.39. The van der Waals surface area contributed by atoms with Crippen LogP contribution in [0.1, 0.15) is 64.2 Å². The number of carbonyl (C=O) groups excluding carboxylic acids is 1. The van der Waals surface area contributed by atoms with Crippen LogP contribution in [0.15, 0.2) is 36.9 Å². The molecular weight excluding hydrogens is 368 g/mol. The van der Waals surface area contributed by atoms with E-state index < -0.39 is 0 Å². The summed E-state index contributed by atoms with van der Waals surface area (Å²) in [5.41, 5.74) is 0. The van der Waals surface area contributed by atoms with Crippen LogP contribution in [0.25, 0.3) is 0 Å². The second-order valence-corrected chi connectivity index (χ2v) is 9.76. The van der Waals surface area contributed by atoms with Gasteiger partial charge in [0.15, 0.2) is 0 Å². The number of halogens is 1. The third-order valence-electron chi connectivity index (χ3n) is 7.84. The van der Waals surface area contributed by atoms with Crippen molar-refractivity contribution >= 4 is 17.6 Å². The fourth-order valence-electron chi connectivity index (χ4n) is 6.27. The van der Waals surface area contributed by atoms with E-state index in [1.54, 1.807) is 24.3 Å². The molecule has 0 saturated heterocycles. The van der Waals surface area contributed by atoms with E-state index in [9.17, 15) is 4.79 Å². The predicted octanol–water partition coefficient (Wildman–Crippen LogP) is 7.07. The Morgan fingerprint density at radius 3 is 2.36 bits per heavy atom. The standard InChI is InChI=1S/C25H33ClO2/c1-2-17-6-8-18(9-7-17)19-10-15-23-20(16-19)4-3-5-24(23)25(27)28-22-13-11-21(26)12-14-22/h2,11-14,17-20,23-24H,1,3-10,15-16H2. The lowest BCUT2D eigenvalue weighted by atomic mass is 9.59. The minimum atomic E-state index is -0.0260. The van der Waals surface area contributed by atoms with Crippen molar-refractivity contribution in [3.63, 3.8) is 0 Å². The molecule has 0 aromatic heterocycles. The van der Waals surface area contributed by atoms with Gasteiger partial charge in [-0.2, -0.15) is 0 Å². The number of benzene rings is 1. The maximum Gasteiger partial charge on any atom is 0.314 e. The van der Waals surface area contributed by atoms with Crippen LogP contribution >= 0.6 is 11.6 Å². The van der Waals surface area contributed by atoms with E-state index in [0.717, 1.165) is 30.6 Å². The summed E-state index contributed by atoms with van der Waals surface area (Å²) >= 11 is 5.94. The summed E-state index contributed by atoms with van der Waals surface area (Å²) < 4.78 is 5.72. The van der Waals surface area contributed by atoms with Gasteiger partial charge in [-0.05, 0) is 105 Å². The molecule has 4 unspecified atom stereocenters. The average Bonchev–Trinajstić information content (AvgIpc) is 2.74. The Morgan fingerprint density at radius 2 is 1.64 bits per heavy atom. The number of hydrogen-bond acceptors (Lipinski definition) is 2. The van der Waals surface area contributed by atoms with Crippen LogP contribution in [0, 0.1) is 35.5 Å². The molecular formula is C25H33ClO2. The molecule has 0 amide bonds. The van der Waals surface area contributed by atoms with Crippen molar-refractivity contribution in [2.45, 2.75) is 64.2 Å². The minimum absolute atomic E-state index is 0.0260. The Morgan fingerprint density at radius 1 is 0.929 bits per heavy atom. The van der Waals surface area contributed by atoms with Crippen LogP contribution in [0.2, 0.25) is 5.02 Å². The van der Waals surface area contributed by atoms with Crippen molar-refractivity contribution in [3.05, 3.63) is 41.9 Å². The van der Waals surface area contributed by atoms with Crippen molar-refractivity contribution in [3.8, 4) is 5.75 Å². The highest BCUT2D eigenvalue weighted by Gasteiger charge is 2.43. The first kappa shape index (κ1) is 20.0. The first-order chi connectivity index (χ1) is 13.6. The maximum atomic E-state index is 12.9. The van der Waals surface area contributed by atoms with E-state index in [-0.39, 0.29) is 11.9 Å². The summed E-state index contributed by atoms with van der Waals surface area (Å²) in [6, 6.07) is 7.13.